The number of amides is 1. The van der Waals surface area contributed by atoms with Crippen LogP contribution in [-0.2, 0) is 4.79 Å². The van der Waals surface area contributed by atoms with E-state index in [-0.39, 0.29) is 11.2 Å². The molecule has 1 rings (SSSR count). The van der Waals surface area contributed by atoms with Gasteiger partial charge in [-0.3, -0.25) is 4.79 Å². The Kier molecular flexibility index (Phi) is 7.83. The molecule has 3 nitrogen and oxygen atoms in total. The number of carbonyl (C=O) groups is 1. The molecule has 4 heteroatoms. The van der Waals surface area contributed by atoms with Gasteiger partial charge >= 0.3 is 0 Å². The molecule has 2 unspecified atom stereocenters. The highest BCUT2D eigenvalue weighted by molar-refractivity contribution is 8.00. The lowest BCUT2D eigenvalue weighted by Gasteiger charge is -2.14. The van der Waals surface area contributed by atoms with Crippen LogP contribution in [0.3, 0.4) is 0 Å². The van der Waals surface area contributed by atoms with Crippen LogP contribution < -0.4 is 10.6 Å². The number of benzene rings is 1. The number of nitrogens with one attached hydrogen (secondary N) is 2. The Morgan fingerprint density at radius 3 is 2.29 bits per heavy atom. The lowest BCUT2D eigenvalue weighted by molar-refractivity contribution is -0.120. The third kappa shape index (κ3) is 6.53. The fourth-order valence-electron chi connectivity index (χ4n) is 1.89. The second-order valence-electron chi connectivity index (χ2n) is 5.81. The molecule has 0 saturated carbocycles. The minimum atomic E-state index is -0.0651. The smallest absolute Gasteiger partial charge is 0.233 e. The quantitative estimate of drug-likeness (QED) is 0.721. The monoisotopic (exact) mass is 308 g/mol. The summed E-state index contributed by atoms with van der Waals surface area (Å²) in [6.45, 7) is 9.18. The highest BCUT2D eigenvalue weighted by Crippen LogP contribution is 2.25. The molecule has 1 amide bonds. The van der Waals surface area contributed by atoms with Crippen LogP contribution in [0.4, 0.5) is 0 Å². The molecule has 2 atom stereocenters. The molecular formula is C17H28N2OS. The average Bonchev–Trinajstić information content (AvgIpc) is 2.46. The summed E-state index contributed by atoms with van der Waals surface area (Å²) in [5, 5.41) is 6.16. The van der Waals surface area contributed by atoms with Crippen molar-refractivity contribution in [3.8, 4) is 0 Å². The molecule has 0 spiro atoms. The first-order valence-electron chi connectivity index (χ1n) is 7.65. The summed E-state index contributed by atoms with van der Waals surface area (Å²) < 4.78 is 0. The molecule has 118 valence electrons. The summed E-state index contributed by atoms with van der Waals surface area (Å²) in [5.41, 5.74) is 1.26. The van der Waals surface area contributed by atoms with Gasteiger partial charge in [0.05, 0.1) is 5.25 Å². The van der Waals surface area contributed by atoms with Crippen molar-refractivity contribution in [1.29, 1.82) is 0 Å². The zero-order valence-corrected chi connectivity index (χ0v) is 14.6. The van der Waals surface area contributed by atoms with Crippen molar-refractivity contribution >= 4 is 17.7 Å². The van der Waals surface area contributed by atoms with Gasteiger partial charge in [0.15, 0.2) is 0 Å². The number of carbonyl (C=O) groups excluding carboxylic acids is 1. The fraction of sp³-hybridized carbons (Fsp3) is 0.588. The van der Waals surface area contributed by atoms with Crippen LogP contribution in [0, 0.1) is 5.92 Å². The van der Waals surface area contributed by atoms with Crippen LogP contribution in [0.5, 0.6) is 0 Å². The van der Waals surface area contributed by atoms with Gasteiger partial charge in [0, 0.05) is 17.5 Å². The fourth-order valence-corrected chi connectivity index (χ4v) is 2.78. The van der Waals surface area contributed by atoms with Crippen LogP contribution in [0.1, 0.15) is 45.7 Å². The van der Waals surface area contributed by atoms with Gasteiger partial charge in [-0.15, -0.1) is 11.8 Å². The summed E-state index contributed by atoms with van der Waals surface area (Å²) in [6, 6.07) is 8.76. The minimum Gasteiger partial charge on any atom is -0.355 e. The Balaban J connectivity index is 2.46. The molecule has 21 heavy (non-hydrogen) atoms. The third-order valence-electron chi connectivity index (χ3n) is 3.52. The summed E-state index contributed by atoms with van der Waals surface area (Å²) in [6.07, 6.45) is 1.03. The van der Waals surface area contributed by atoms with Gasteiger partial charge in [-0.05, 0) is 50.9 Å². The number of hydrogen-bond acceptors (Lipinski definition) is 3. The molecule has 0 bridgehead atoms. The molecule has 2 N–H and O–H groups in total. The van der Waals surface area contributed by atoms with E-state index < -0.39 is 0 Å². The Morgan fingerprint density at radius 2 is 1.76 bits per heavy atom. The molecule has 1 aromatic carbocycles. The lowest BCUT2D eigenvalue weighted by atomic mass is 10.1. The van der Waals surface area contributed by atoms with Gasteiger partial charge < -0.3 is 10.6 Å². The zero-order chi connectivity index (χ0) is 15.8. The van der Waals surface area contributed by atoms with Gasteiger partial charge in [0.2, 0.25) is 5.91 Å². The van der Waals surface area contributed by atoms with Crippen LogP contribution in [0.15, 0.2) is 29.2 Å². The molecule has 0 aliphatic heterocycles. The normalized spacial score (nSPS) is 14.0. The van der Waals surface area contributed by atoms with E-state index in [9.17, 15) is 4.79 Å². The maximum absolute atomic E-state index is 12.0. The summed E-state index contributed by atoms with van der Waals surface area (Å²) in [7, 11) is 1.96. The van der Waals surface area contributed by atoms with E-state index in [1.807, 2.05) is 14.0 Å². The van der Waals surface area contributed by atoms with Crippen molar-refractivity contribution in [3.63, 3.8) is 0 Å². The highest BCUT2D eigenvalue weighted by atomic mass is 32.2. The topological polar surface area (TPSA) is 41.1 Å². The number of hydrogen-bond donors (Lipinski definition) is 2. The maximum Gasteiger partial charge on any atom is 0.233 e. The Bertz CT molecular complexity index is 431. The van der Waals surface area contributed by atoms with Crippen molar-refractivity contribution in [2.24, 2.45) is 5.92 Å². The molecule has 0 heterocycles. The van der Waals surface area contributed by atoms with Crippen molar-refractivity contribution < 1.29 is 4.79 Å². The minimum absolute atomic E-state index is 0.0651. The van der Waals surface area contributed by atoms with Crippen LogP contribution in [0.25, 0.3) is 0 Å². The van der Waals surface area contributed by atoms with Gasteiger partial charge in [-0.1, -0.05) is 26.0 Å². The van der Waals surface area contributed by atoms with Gasteiger partial charge in [0.25, 0.3) is 0 Å². The Morgan fingerprint density at radius 1 is 1.14 bits per heavy atom. The van der Waals surface area contributed by atoms with E-state index in [1.165, 1.54) is 5.56 Å². The molecule has 0 radical (unpaired) electrons. The average molecular weight is 308 g/mol. The molecule has 0 aliphatic carbocycles. The highest BCUT2D eigenvalue weighted by Gasteiger charge is 2.14. The standard InChI is InChI=1S/C17H28N2OS/c1-12(2)10-11-19-17(20)14(4)21-16-8-6-15(7-9-16)13(3)18-5/h6-9,12-14,18H,10-11H2,1-5H3,(H,19,20). The lowest BCUT2D eigenvalue weighted by Crippen LogP contribution is -2.32. The number of rotatable bonds is 8. The van der Waals surface area contributed by atoms with Gasteiger partial charge in [-0.25, -0.2) is 0 Å². The Hall–Kier alpha value is -1.00. The van der Waals surface area contributed by atoms with Gasteiger partial charge in [0.1, 0.15) is 0 Å². The van der Waals surface area contributed by atoms with Crippen molar-refractivity contribution in [3.05, 3.63) is 29.8 Å². The van der Waals surface area contributed by atoms with Crippen LogP contribution in [0.2, 0.25) is 0 Å². The van der Waals surface area contributed by atoms with E-state index in [4.69, 9.17) is 0 Å². The summed E-state index contributed by atoms with van der Waals surface area (Å²) >= 11 is 1.61. The number of thioether (sulfide) groups is 1. The first-order chi connectivity index (χ1) is 9.93. The SMILES string of the molecule is CNC(C)c1ccc(SC(C)C(=O)NCCC(C)C)cc1. The van der Waals surface area contributed by atoms with Crippen molar-refractivity contribution in [2.75, 3.05) is 13.6 Å². The molecule has 0 aliphatic rings. The first kappa shape index (κ1) is 18.1. The maximum atomic E-state index is 12.0. The van der Waals surface area contributed by atoms with Gasteiger partial charge in [-0.2, -0.15) is 0 Å². The predicted octanol–water partition coefficient (Wildman–Crippen LogP) is 3.61. The van der Waals surface area contributed by atoms with E-state index in [1.54, 1.807) is 11.8 Å². The molecular weight excluding hydrogens is 280 g/mol. The predicted molar refractivity (Wildman–Crippen MR) is 91.7 cm³/mol. The molecule has 1 aromatic rings. The van der Waals surface area contributed by atoms with E-state index >= 15 is 0 Å². The largest absolute Gasteiger partial charge is 0.355 e. The summed E-state index contributed by atoms with van der Waals surface area (Å²) in [5.74, 6) is 0.739. The second kappa shape index (κ2) is 9.11. The molecule has 0 fully saturated rings. The first-order valence-corrected chi connectivity index (χ1v) is 8.53. The zero-order valence-electron chi connectivity index (χ0n) is 13.8. The van der Waals surface area contributed by atoms with E-state index in [2.05, 4.69) is 55.7 Å². The third-order valence-corrected chi connectivity index (χ3v) is 4.63. The van der Waals surface area contributed by atoms with Crippen LogP contribution in [-0.4, -0.2) is 24.7 Å². The van der Waals surface area contributed by atoms with Crippen LogP contribution >= 0.6 is 11.8 Å². The van der Waals surface area contributed by atoms with E-state index in [0.717, 1.165) is 17.9 Å². The Labute approximate surface area is 133 Å². The molecule has 0 saturated heterocycles. The molecule has 0 aromatic heterocycles. The van der Waals surface area contributed by atoms with E-state index in [0.29, 0.717) is 12.0 Å². The summed E-state index contributed by atoms with van der Waals surface area (Å²) in [4.78, 5) is 13.1. The van der Waals surface area contributed by atoms with Crippen molar-refractivity contribution in [2.45, 2.75) is 50.3 Å². The second-order valence-corrected chi connectivity index (χ2v) is 7.23. The van der Waals surface area contributed by atoms with Crippen molar-refractivity contribution in [1.82, 2.24) is 10.6 Å².